The number of hydrogen-bond donors (Lipinski definition) is 0. The Bertz CT molecular complexity index is 688. The van der Waals surface area contributed by atoms with Crippen molar-refractivity contribution in [1.82, 2.24) is 4.98 Å². The Morgan fingerprint density at radius 1 is 1.33 bits per heavy atom. The third kappa shape index (κ3) is 3.53. The van der Waals surface area contributed by atoms with Gasteiger partial charge < -0.3 is 4.74 Å². The summed E-state index contributed by atoms with van der Waals surface area (Å²) in [6.45, 7) is 2.18. The number of methoxy groups -OCH3 is 1. The van der Waals surface area contributed by atoms with E-state index in [4.69, 9.17) is 4.74 Å². The molecule has 0 aliphatic rings. The maximum Gasteiger partial charge on any atom is 0.168 e. The van der Waals surface area contributed by atoms with Crippen molar-refractivity contribution >= 4 is 5.78 Å². The van der Waals surface area contributed by atoms with Crippen LogP contribution in [0.2, 0.25) is 0 Å². The largest absolute Gasteiger partial charge is 0.380 e. The lowest BCUT2D eigenvalue weighted by atomic mass is 10.00. The molecular weight excluding hydrogens is 264 g/mol. The zero-order valence-corrected chi connectivity index (χ0v) is 12.1. The van der Waals surface area contributed by atoms with Crippen LogP contribution in [-0.2, 0) is 17.8 Å². The molecule has 0 saturated heterocycles. The normalized spacial score (nSPS) is 10.1. The molecule has 1 aromatic heterocycles. The van der Waals surface area contributed by atoms with E-state index < -0.39 is 0 Å². The molecule has 0 spiro atoms. The van der Waals surface area contributed by atoms with Crippen LogP contribution in [0.1, 0.15) is 32.9 Å². The Morgan fingerprint density at radius 3 is 2.67 bits per heavy atom. The topological polar surface area (TPSA) is 63.0 Å². The number of aromatic nitrogens is 1. The van der Waals surface area contributed by atoms with Gasteiger partial charge in [0.2, 0.25) is 0 Å². The van der Waals surface area contributed by atoms with Crippen LogP contribution in [0.5, 0.6) is 0 Å². The summed E-state index contributed by atoms with van der Waals surface area (Å²) in [5.41, 5.74) is 3.11. The van der Waals surface area contributed by atoms with Crippen molar-refractivity contribution in [1.29, 1.82) is 5.26 Å². The van der Waals surface area contributed by atoms with Crippen LogP contribution in [0, 0.1) is 18.3 Å². The van der Waals surface area contributed by atoms with Crippen molar-refractivity contribution in [2.75, 3.05) is 7.11 Å². The summed E-state index contributed by atoms with van der Waals surface area (Å²) in [7, 11) is 1.58. The molecule has 0 saturated carbocycles. The molecule has 0 aliphatic heterocycles. The second kappa shape index (κ2) is 6.78. The summed E-state index contributed by atoms with van der Waals surface area (Å²) in [5.74, 6) is -0.0476. The van der Waals surface area contributed by atoms with Crippen molar-refractivity contribution in [3.8, 4) is 6.07 Å². The van der Waals surface area contributed by atoms with E-state index in [1.807, 2.05) is 31.2 Å². The van der Waals surface area contributed by atoms with E-state index in [1.165, 1.54) is 0 Å². The SMILES string of the molecule is COCc1cc(C)nc(CC(=O)c2ccccc2)c1C#N. The maximum absolute atomic E-state index is 12.3. The monoisotopic (exact) mass is 280 g/mol. The summed E-state index contributed by atoms with van der Waals surface area (Å²) in [5, 5.41) is 9.34. The zero-order valence-electron chi connectivity index (χ0n) is 12.1. The van der Waals surface area contributed by atoms with E-state index in [0.717, 1.165) is 11.3 Å². The first kappa shape index (κ1) is 14.9. The second-order valence-electron chi connectivity index (χ2n) is 4.76. The van der Waals surface area contributed by atoms with Crippen molar-refractivity contribution < 1.29 is 9.53 Å². The lowest BCUT2D eigenvalue weighted by molar-refractivity contribution is 0.0991. The van der Waals surface area contributed by atoms with Gasteiger partial charge in [0, 0.05) is 18.4 Å². The van der Waals surface area contributed by atoms with Crippen molar-refractivity contribution in [2.24, 2.45) is 0 Å². The molecule has 0 radical (unpaired) electrons. The lowest BCUT2D eigenvalue weighted by Gasteiger charge is -2.09. The molecule has 4 heteroatoms. The molecule has 4 nitrogen and oxygen atoms in total. The van der Waals surface area contributed by atoms with Gasteiger partial charge >= 0.3 is 0 Å². The fourth-order valence-electron chi connectivity index (χ4n) is 2.22. The third-order valence-corrected chi connectivity index (χ3v) is 3.14. The van der Waals surface area contributed by atoms with Gasteiger partial charge in [-0.2, -0.15) is 5.26 Å². The molecule has 0 N–H and O–H groups in total. The molecule has 0 bridgehead atoms. The van der Waals surface area contributed by atoms with Gasteiger partial charge in [0.15, 0.2) is 5.78 Å². The number of carbonyl (C=O) groups excluding carboxylic acids is 1. The molecule has 0 unspecified atom stereocenters. The molecule has 0 amide bonds. The van der Waals surface area contributed by atoms with Crippen LogP contribution in [0.25, 0.3) is 0 Å². The van der Waals surface area contributed by atoms with Gasteiger partial charge in [-0.1, -0.05) is 30.3 Å². The van der Waals surface area contributed by atoms with Crippen molar-refractivity contribution in [2.45, 2.75) is 20.0 Å². The number of pyridine rings is 1. The molecule has 2 rings (SSSR count). The minimum absolute atomic E-state index is 0.0476. The van der Waals surface area contributed by atoms with E-state index in [9.17, 15) is 10.1 Å². The quantitative estimate of drug-likeness (QED) is 0.790. The van der Waals surface area contributed by atoms with Crippen LogP contribution in [0.15, 0.2) is 36.4 Å². The van der Waals surface area contributed by atoms with E-state index in [1.54, 1.807) is 19.2 Å². The maximum atomic E-state index is 12.3. The number of ether oxygens (including phenoxy) is 1. The van der Waals surface area contributed by atoms with Crippen molar-refractivity contribution in [3.05, 3.63) is 64.5 Å². The average molecular weight is 280 g/mol. The first-order chi connectivity index (χ1) is 10.2. The predicted molar refractivity (Wildman–Crippen MR) is 78.9 cm³/mol. The van der Waals surface area contributed by atoms with Gasteiger partial charge in [0.25, 0.3) is 0 Å². The van der Waals surface area contributed by atoms with Crippen molar-refractivity contribution in [3.63, 3.8) is 0 Å². The highest BCUT2D eigenvalue weighted by Crippen LogP contribution is 2.17. The lowest BCUT2D eigenvalue weighted by Crippen LogP contribution is -2.10. The Labute approximate surface area is 124 Å². The van der Waals surface area contributed by atoms with Gasteiger partial charge in [0.1, 0.15) is 6.07 Å². The van der Waals surface area contributed by atoms with Crippen LogP contribution >= 0.6 is 0 Å². The Balaban J connectivity index is 2.36. The first-order valence-electron chi connectivity index (χ1n) is 6.62. The van der Waals surface area contributed by atoms with Gasteiger partial charge in [-0.25, -0.2) is 0 Å². The van der Waals surface area contributed by atoms with E-state index in [2.05, 4.69) is 11.1 Å². The molecule has 1 heterocycles. The zero-order chi connectivity index (χ0) is 15.2. The van der Waals surface area contributed by atoms with Crippen LogP contribution in [0.3, 0.4) is 0 Å². The number of hydrogen-bond acceptors (Lipinski definition) is 4. The number of carbonyl (C=O) groups is 1. The Kier molecular flexibility index (Phi) is 4.81. The summed E-state index contributed by atoms with van der Waals surface area (Å²) >= 11 is 0. The molecule has 1 aromatic carbocycles. The Hall–Kier alpha value is -2.51. The molecular formula is C17H16N2O2. The predicted octanol–water partition coefficient (Wildman–Crippen LogP) is 2.83. The minimum Gasteiger partial charge on any atom is -0.380 e. The van der Waals surface area contributed by atoms with Crippen LogP contribution < -0.4 is 0 Å². The minimum atomic E-state index is -0.0476. The highest BCUT2D eigenvalue weighted by molar-refractivity contribution is 5.97. The van der Waals surface area contributed by atoms with E-state index in [-0.39, 0.29) is 12.2 Å². The van der Waals surface area contributed by atoms with E-state index in [0.29, 0.717) is 23.4 Å². The number of nitriles is 1. The smallest absolute Gasteiger partial charge is 0.168 e. The molecule has 0 aliphatic carbocycles. The van der Waals surface area contributed by atoms with Crippen LogP contribution in [-0.4, -0.2) is 17.9 Å². The van der Waals surface area contributed by atoms with Gasteiger partial charge in [-0.15, -0.1) is 0 Å². The summed E-state index contributed by atoms with van der Waals surface area (Å²) in [6.07, 6.45) is 0.116. The number of benzene rings is 1. The molecule has 21 heavy (non-hydrogen) atoms. The molecule has 106 valence electrons. The number of nitrogens with zero attached hydrogens (tertiary/aromatic N) is 2. The molecule has 0 fully saturated rings. The first-order valence-corrected chi connectivity index (χ1v) is 6.62. The average Bonchev–Trinajstić information content (AvgIpc) is 2.48. The summed E-state index contributed by atoms with van der Waals surface area (Å²) < 4.78 is 5.11. The Morgan fingerprint density at radius 2 is 2.05 bits per heavy atom. The van der Waals surface area contributed by atoms with Gasteiger partial charge in [-0.05, 0) is 18.6 Å². The summed E-state index contributed by atoms with van der Waals surface area (Å²) in [4.78, 5) is 16.6. The highest BCUT2D eigenvalue weighted by atomic mass is 16.5. The summed E-state index contributed by atoms with van der Waals surface area (Å²) in [6, 6.07) is 13.0. The number of ketones is 1. The van der Waals surface area contributed by atoms with Gasteiger partial charge in [0.05, 0.1) is 24.3 Å². The molecule has 2 aromatic rings. The second-order valence-corrected chi connectivity index (χ2v) is 4.76. The fraction of sp³-hybridized carbons (Fsp3) is 0.235. The molecule has 0 atom stereocenters. The van der Waals surface area contributed by atoms with Gasteiger partial charge in [-0.3, -0.25) is 9.78 Å². The number of aryl methyl sites for hydroxylation is 1. The third-order valence-electron chi connectivity index (χ3n) is 3.14. The fourth-order valence-corrected chi connectivity index (χ4v) is 2.22. The number of Topliss-reactive ketones (excluding diaryl/α,β-unsaturated/α-hetero) is 1. The van der Waals surface area contributed by atoms with E-state index >= 15 is 0 Å². The standard InChI is InChI=1S/C17H16N2O2/c1-12-8-14(11-21-2)15(10-18)16(19-12)9-17(20)13-6-4-3-5-7-13/h3-8H,9,11H2,1-2H3. The highest BCUT2D eigenvalue weighted by Gasteiger charge is 2.15. The van der Waals surface area contributed by atoms with Crippen LogP contribution in [0.4, 0.5) is 0 Å². The number of rotatable bonds is 5.